The van der Waals surface area contributed by atoms with E-state index in [0.29, 0.717) is 11.6 Å². The quantitative estimate of drug-likeness (QED) is 0.864. The molecule has 1 unspecified atom stereocenters. The molecular weight excluding hydrogens is 264 g/mol. The molecule has 1 aromatic rings. The van der Waals surface area contributed by atoms with Gasteiger partial charge in [0.05, 0.1) is 12.5 Å². The van der Waals surface area contributed by atoms with Gasteiger partial charge in [0.15, 0.2) is 0 Å². The van der Waals surface area contributed by atoms with E-state index in [1.807, 2.05) is 12.1 Å². The number of rotatable bonds is 6. The molecule has 4 nitrogen and oxygen atoms in total. The zero-order valence-corrected chi connectivity index (χ0v) is 12.2. The number of amides is 1. The summed E-state index contributed by atoms with van der Waals surface area (Å²) in [5.74, 6) is -0.210. The predicted molar refractivity (Wildman–Crippen MR) is 76.4 cm³/mol. The molecule has 0 heterocycles. The van der Waals surface area contributed by atoms with Gasteiger partial charge in [0.25, 0.3) is 0 Å². The zero-order chi connectivity index (χ0) is 14.4. The highest BCUT2D eigenvalue weighted by molar-refractivity contribution is 6.30. The highest BCUT2D eigenvalue weighted by Crippen LogP contribution is 2.18. The maximum Gasteiger partial charge on any atom is 0.236 e. The lowest BCUT2D eigenvalue weighted by Gasteiger charge is -2.16. The summed E-state index contributed by atoms with van der Waals surface area (Å²) in [6.45, 7) is 2.22. The predicted octanol–water partition coefficient (Wildman–Crippen LogP) is 1.69. The molecule has 0 aliphatic heterocycles. The molecule has 1 amide bonds. The summed E-state index contributed by atoms with van der Waals surface area (Å²) in [5.41, 5.74) is 0.904. The summed E-state index contributed by atoms with van der Waals surface area (Å²) in [7, 11) is 3.40. The number of carbonyl (C=O) groups excluding carboxylic acids is 2. The van der Waals surface area contributed by atoms with Gasteiger partial charge in [-0.1, -0.05) is 23.7 Å². The lowest BCUT2D eigenvalue weighted by Crippen LogP contribution is -2.36. The van der Waals surface area contributed by atoms with E-state index in [2.05, 4.69) is 5.32 Å². The molecule has 0 aliphatic rings. The number of hydrogen-bond acceptors (Lipinski definition) is 3. The standard InChI is InChI=1S/C14H19ClN2O2/c1-10(18)13(8-16-9-14(19)17(2)3)11-4-6-12(15)7-5-11/h4-7,13,16H,8-9H2,1-3H3. The van der Waals surface area contributed by atoms with Crippen LogP contribution >= 0.6 is 11.6 Å². The summed E-state index contributed by atoms with van der Waals surface area (Å²) in [5, 5.41) is 3.66. The molecule has 1 N–H and O–H groups in total. The molecule has 1 aromatic carbocycles. The summed E-state index contributed by atoms with van der Waals surface area (Å²) < 4.78 is 0. The average Bonchev–Trinajstić information content (AvgIpc) is 2.35. The Labute approximate surface area is 118 Å². The van der Waals surface area contributed by atoms with Gasteiger partial charge in [-0.3, -0.25) is 9.59 Å². The van der Waals surface area contributed by atoms with Crippen LogP contribution in [0.3, 0.4) is 0 Å². The van der Waals surface area contributed by atoms with Gasteiger partial charge < -0.3 is 10.2 Å². The van der Waals surface area contributed by atoms with Crippen molar-refractivity contribution in [2.24, 2.45) is 0 Å². The van der Waals surface area contributed by atoms with Crippen molar-refractivity contribution in [3.63, 3.8) is 0 Å². The molecule has 0 aliphatic carbocycles. The SMILES string of the molecule is CC(=O)C(CNCC(=O)N(C)C)c1ccc(Cl)cc1. The molecule has 0 fully saturated rings. The van der Waals surface area contributed by atoms with Crippen LogP contribution in [0.1, 0.15) is 18.4 Å². The lowest BCUT2D eigenvalue weighted by molar-refractivity contribution is -0.128. The van der Waals surface area contributed by atoms with Crippen molar-refractivity contribution >= 4 is 23.3 Å². The Morgan fingerprint density at radius 1 is 1.26 bits per heavy atom. The summed E-state index contributed by atoms with van der Waals surface area (Å²) >= 11 is 5.83. The molecule has 104 valence electrons. The van der Waals surface area contributed by atoms with Crippen LogP contribution in [-0.2, 0) is 9.59 Å². The molecule has 19 heavy (non-hydrogen) atoms. The Balaban J connectivity index is 2.62. The summed E-state index contributed by atoms with van der Waals surface area (Å²) in [4.78, 5) is 24.6. The van der Waals surface area contributed by atoms with E-state index in [1.165, 1.54) is 4.90 Å². The topological polar surface area (TPSA) is 49.4 Å². The van der Waals surface area contributed by atoms with Crippen molar-refractivity contribution in [3.05, 3.63) is 34.9 Å². The Hall–Kier alpha value is -1.39. The summed E-state index contributed by atoms with van der Waals surface area (Å²) in [6.07, 6.45) is 0. The number of halogens is 1. The van der Waals surface area contributed by atoms with Gasteiger partial charge in [-0.25, -0.2) is 0 Å². The minimum Gasteiger partial charge on any atom is -0.348 e. The normalized spacial score (nSPS) is 12.0. The van der Waals surface area contributed by atoms with Crippen molar-refractivity contribution in [1.82, 2.24) is 10.2 Å². The fourth-order valence-corrected chi connectivity index (χ4v) is 1.80. The van der Waals surface area contributed by atoms with E-state index < -0.39 is 0 Å². The molecule has 0 saturated carbocycles. The van der Waals surface area contributed by atoms with Crippen LogP contribution in [0.25, 0.3) is 0 Å². The Morgan fingerprint density at radius 3 is 2.32 bits per heavy atom. The first-order valence-electron chi connectivity index (χ1n) is 6.08. The number of benzene rings is 1. The highest BCUT2D eigenvalue weighted by atomic mass is 35.5. The van der Waals surface area contributed by atoms with Gasteiger partial charge >= 0.3 is 0 Å². The first kappa shape index (κ1) is 15.7. The van der Waals surface area contributed by atoms with E-state index in [0.717, 1.165) is 5.56 Å². The molecule has 1 rings (SSSR count). The van der Waals surface area contributed by atoms with Gasteiger partial charge in [0.1, 0.15) is 5.78 Å². The number of likely N-dealkylation sites (N-methyl/N-ethyl adjacent to an activating group) is 1. The Kier molecular flexibility index (Phi) is 5.99. The smallest absolute Gasteiger partial charge is 0.236 e. The monoisotopic (exact) mass is 282 g/mol. The van der Waals surface area contributed by atoms with E-state index in [1.54, 1.807) is 33.2 Å². The molecule has 0 saturated heterocycles. The van der Waals surface area contributed by atoms with Crippen LogP contribution in [0.5, 0.6) is 0 Å². The minimum absolute atomic E-state index is 0.0154. The third-order valence-electron chi connectivity index (χ3n) is 2.89. The number of nitrogens with one attached hydrogen (secondary N) is 1. The number of carbonyl (C=O) groups is 2. The summed E-state index contributed by atoms with van der Waals surface area (Å²) in [6, 6.07) is 7.20. The van der Waals surface area contributed by atoms with Crippen LogP contribution in [0.4, 0.5) is 0 Å². The molecule has 0 aromatic heterocycles. The maximum atomic E-state index is 11.7. The number of hydrogen-bond donors (Lipinski definition) is 1. The average molecular weight is 283 g/mol. The molecule has 0 bridgehead atoms. The van der Waals surface area contributed by atoms with Crippen LogP contribution in [-0.4, -0.2) is 43.8 Å². The fourth-order valence-electron chi connectivity index (χ4n) is 1.67. The molecule has 5 heteroatoms. The van der Waals surface area contributed by atoms with Gasteiger partial charge in [-0.05, 0) is 24.6 Å². The van der Waals surface area contributed by atoms with Crippen LogP contribution in [0.15, 0.2) is 24.3 Å². The zero-order valence-electron chi connectivity index (χ0n) is 11.4. The maximum absolute atomic E-state index is 11.7. The third kappa shape index (κ3) is 5.01. The van der Waals surface area contributed by atoms with Crippen molar-refractivity contribution in [2.75, 3.05) is 27.2 Å². The third-order valence-corrected chi connectivity index (χ3v) is 3.14. The lowest BCUT2D eigenvalue weighted by atomic mass is 9.95. The van der Waals surface area contributed by atoms with Crippen LogP contribution in [0.2, 0.25) is 5.02 Å². The van der Waals surface area contributed by atoms with Crippen molar-refractivity contribution in [3.8, 4) is 0 Å². The largest absolute Gasteiger partial charge is 0.348 e. The van der Waals surface area contributed by atoms with E-state index in [4.69, 9.17) is 11.6 Å². The number of nitrogens with zero attached hydrogens (tertiary/aromatic N) is 1. The first-order chi connectivity index (χ1) is 8.91. The Morgan fingerprint density at radius 2 is 1.84 bits per heavy atom. The highest BCUT2D eigenvalue weighted by Gasteiger charge is 2.17. The second-order valence-electron chi connectivity index (χ2n) is 4.63. The van der Waals surface area contributed by atoms with Gasteiger partial charge in [0.2, 0.25) is 5.91 Å². The second-order valence-corrected chi connectivity index (χ2v) is 5.07. The molecule has 0 radical (unpaired) electrons. The number of ketones is 1. The number of Topliss-reactive ketones (excluding diaryl/α,β-unsaturated/α-hetero) is 1. The molecule has 0 spiro atoms. The van der Waals surface area contributed by atoms with Gasteiger partial charge in [-0.15, -0.1) is 0 Å². The van der Waals surface area contributed by atoms with Crippen molar-refractivity contribution < 1.29 is 9.59 Å². The van der Waals surface area contributed by atoms with Crippen LogP contribution in [0, 0.1) is 0 Å². The fraction of sp³-hybridized carbons (Fsp3) is 0.429. The van der Waals surface area contributed by atoms with Crippen molar-refractivity contribution in [2.45, 2.75) is 12.8 Å². The second kappa shape index (κ2) is 7.26. The van der Waals surface area contributed by atoms with Gasteiger partial charge in [-0.2, -0.15) is 0 Å². The first-order valence-corrected chi connectivity index (χ1v) is 6.46. The Bertz CT molecular complexity index is 443. The van der Waals surface area contributed by atoms with E-state index in [9.17, 15) is 9.59 Å². The van der Waals surface area contributed by atoms with Gasteiger partial charge in [0, 0.05) is 25.7 Å². The van der Waals surface area contributed by atoms with Crippen LogP contribution < -0.4 is 5.32 Å². The van der Waals surface area contributed by atoms with E-state index >= 15 is 0 Å². The van der Waals surface area contributed by atoms with E-state index in [-0.39, 0.29) is 24.2 Å². The molecule has 1 atom stereocenters. The van der Waals surface area contributed by atoms with Crippen molar-refractivity contribution in [1.29, 1.82) is 0 Å². The minimum atomic E-state index is -0.257. The molecular formula is C14H19ClN2O2.